The second kappa shape index (κ2) is 18.8. The molecule has 1 aromatic rings. The van der Waals surface area contributed by atoms with Crippen molar-refractivity contribution < 1.29 is 9.47 Å². The molecular formula is C24H42O2. The summed E-state index contributed by atoms with van der Waals surface area (Å²) in [5.74, 6) is 0.924. The molecule has 0 aliphatic heterocycles. The molecule has 0 radical (unpaired) electrons. The van der Waals surface area contributed by atoms with Gasteiger partial charge >= 0.3 is 0 Å². The predicted molar refractivity (Wildman–Crippen MR) is 113 cm³/mol. The molecule has 0 saturated carbocycles. The summed E-state index contributed by atoms with van der Waals surface area (Å²) in [7, 11) is 0. The first-order chi connectivity index (χ1) is 12.9. The van der Waals surface area contributed by atoms with Gasteiger partial charge in [0, 0.05) is 6.61 Å². The number of rotatable bonds is 19. The van der Waals surface area contributed by atoms with Crippen LogP contribution >= 0.6 is 0 Å². The molecule has 0 heterocycles. The number of hydrogen-bond acceptors (Lipinski definition) is 2. The normalized spacial score (nSPS) is 11.0. The van der Waals surface area contributed by atoms with Crippen molar-refractivity contribution in [1.82, 2.24) is 0 Å². The minimum Gasteiger partial charge on any atom is -0.491 e. The van der Waals surface area contributed by atoms with Gasteiger partial charge in [0.1, 0.15) is 12.4 Å². The number of para-hydroxylation sites is 1. The summed E-state index contributed by atoms with van der Waals surface area (Å²) < 4.78 is 11.2. The third-order valence-corrected chi connectivity index (χ3v) is 4.88. The first-order valence-corrected chi connectivity index (χ1v) is 11.2. The molecule has 0 N–H and O–H groups in total. The van der Waals surface area contributed by atoms with Gasteiger partial charge in [-0.1, -0.05) is 109 Å². The molecule has 0 aliphatic rings. The fraction of sp³-hybridized carbons (Fsp3) is 0.750. The summed E-state index contributed by atoms with van der Waals surface area (Å²) in [4.78, 5) is 0. The van der Waals surface area contributed by atoms with Crippen LogP contribution in [-0.4, -0.2) is 19.8 Å². The Hall–Kier alpha value is -1.02. The second-order valence-electron chi connectivity index (χ2n) is 7.37. The van der Waals surface area contributed by atoms with Gasteiger partial charge in [0.25, 0.3) is 0 Å². The topological polar surface area (TPSA) is 18.5 Å². The number of unbranched alkanes of at least 4 members (excludes halogenated alkanes) is 13. The Labute approximate surface area is 162 Å². The van der Waals surface area contributed by atoms with Gasteiger partial charge in [0.05, 0.1) is 6.61 Å². The lowest BCUT2D eigenvalue weighted by atomic mass is 10.0. The van der Waals surface area contributed by atoms with E-state index in [2.05, 4.69) is 6.92 Å². The van der Waals surface area contributed by atoms with E-state index in [1.165, 1.54) is 89.9 Å². The average molecular weight is 363 g/mol. The molecular weight excluding hydrogens is 320 g/mol. The van der Waals surface area contributed by atoms with Crippen molar-refractivity contribution >= 4 is 0 Å². The molecule has 0 aliphatic carbocycles. The molecule has 2 heteroatoms. The van der Waals surface area contributed by atoms with Crippen LogP contribution in [0.2, 0.25) is 0 Å². The van der Waals surface area contributed by atoms with Gasteiger partial charge in [0.2, 0.25) is 0 Å². The Bertz CT molecular complexity index is 377. The highest BCUT2D eigenvalue weighted by Crippen LogP contribution is 2.13. The Kier molecular flexibility index (Phi) is 16.6. The minimum absolute atomic E-state index is 0.641. The van der Waals surface area contributed by atoms with Gasteiger partial charge < -0.3 is 9.47 Å². The molecule has 150 valence electrons. The van der Waals surface area contributed by atoms with Gasteiger partial charge in [-0.05, 0) is 18.6 Å². The van der Waals surface area contributed by atoms with Crippen LogP contribution in [0.15, 0.2) is 30.3 Å². The van der Waals surface area contributed by atoms with E-state index in [0.717, 1.165) is 12.4 Å². The quantitative estimate of drug-likeness (QED) is 0.236. The molecule has 0 fully saturated rings. The zero-order chi connectivity index (χ0) is 18.5. The van der Waals surface area contributed by atoms with Crippen LogP contribution in [0.5, 0.6) is 5.75 Å². The Morgan fingerprint density at radius 1 is 0.538 bits per heavy atom. The van der Waals surface area contributed by atoms with Crippen LogP contribution in [0.4, 0.5) is 0 Å². The average Bonchev–Trinajstić information content (AvgIpc) is 2.68. The van der Waals surface area contributed by atoms with Crippen LogP contribution in [0.1, 0.15) is 96.8 Å². The Morgan fingerprint density at radius 3 is 1.58 bits per heavy atom. The molecule has 0 saturated heterocycles. The van der Waals surface area contributed by atoms with Crippen LogP contribution in [0.3, 0.4) is 0 Å². The van der Waals surface area contributed by atoms with E-state index in [-0.39, 0.29) is 0 Å². The SMILES string of the molecule is CCCCCCCCCCCCCCCCOCCOc1ccccc1. The molecule has 0 aromatic heterocycles. The van der Waals surface area contributed by atoms with Crippen molar-refractivity contribution in [2.24, 2.45) is 0 Å². The van der Waals surface area contributed by atoms with Crippen LogP contribution in [-0.2, 0) is 4.74 Å². The third kappa shape index (κ3) is 15.3. The molecule has 2 nitrogen and oxygen atoms in total. The van der Waals surface area contributed by atoms with Crippen molar-refractivity contribution in [3.05, 3.63) is 30.3 Å². The Balaban J connectivity index is 1.68. The fourth-order valence-electron chi connectivity index (χ4n) is 3.24. The molecule has 1 rings (SSSR count). The zero-order valence-electron chi connectivity index (χ0n) is 17.2. The molecule has 0 amide bonds. The van der Waals surface area contributed by atoms with E-state index in [4.69, 9.17) is 9.47 Å². The van der Waals surface area contributed by atoms with Crippen molar-refractivity contribution in [2.45, 2.75) is 96.8 Å². The second-order valence-corrected chi connectivity index (χ2v) is 7.37. The van der Waals surface area contributed by atoms with Crippen LogP contribution in [0.25, 0.3) is 0 Å². The van der Waals surface area contributed by atoms with Crippen molar-refractivity contribution in [2.75, 3.05) is 19.8 Å². The highest BCUT2D eigenvalue weighted by atomic mass is 16.5. The summed E-state index contributed by atoms with van der Waals surface area (Å²) in [6.45, 7) is 4.49. The number of ether oxygens (including phenoxy) is 2. The van der Waals surface area contributed by atoms with E-state index in [1.54, 1.807) is 0 Å². The standard InChI is InChI=1S/C24H42O2/c1-2-3-4-5-6-7-8-9-10-11-12-13-14-18-21-25-22-23-26-24-19-16-15-17-20-24/h15-17,19-20H,2-14,18,21-23H2,1H3. The lowest BCUT2D eigenvalue weighted by molar-refractivity contribution is 0.0970. The predicted octanol–water partition coefficient (Wildman–Crippen LogP) is 7.56. The maximum absolute atomic E-state index is 5.64. The van der Waals surface area contributed by atoms with Crippen molar-refractivity contribution in [1.29, 1.82) is 0 Å². The van der Waals surface area contributed by atoms with Gasteiger partial charge in [-0.25, -0.2) is 0 Å². The fourth-order valence-corrected chi connectivity index (χ4v) is 3.24. The maximum atomic E-state index is 5.64. The maximum Gasteiger partial charge on any atom is 0.119 e. The van der Waals surface area contributed by atoms with Gasteiger partial charge in [-0.15, -0.1) is 0 Å². The van der Waals surface area contributed by atoms with Crippen molar-refractivity contribution in [3.8, 4) is 5.75 Å². The van der Waals surface area contributed by atoms with Crippen LogP contribution < -0.4 is 4.74 Å². The van der Waals surface area contributed by atoms with Gasteiger partial charge in [0.15, 0.2) is 0 Å². The van der Waals surface area contributed by atoms with Gasteiger partial charge in [-0.2, -0.15) is 0 Å². The third-order valence-electron chi connectivity index (χ3n) is 4.88. The monoisotopic (exact) mass is 362 g/mol. The molecule has 1 aromatic carbocycles. The lowest BCUT2D eigenvalue weighted by Crippen LogP contribution is -2.07. The number of benzene rings is 1. The van der Waals surface area contributed by atoms with Crippen molar-refractivity contribution in [3.63, 3.8) is 0 Å². The first kappa shape index (κ1) is 23.0. The molecule has 0 unspecified atom stereocenters. The summed E-state index contributed by atoms with van der Waals surface area (Å²) in [5, 5.41) is 0. The zero-order valence-corrected chi connectivity index (χ0v) is 17.2. The first-order valence-electron chi connectivity index (χ1n) is 11.2. The van der Waals surface area contributed by atoms with E-state index >= 15 is 0 Å². The summed E-state index contributed by atoms with van der Waals surface area (Å²) in [6, 6.07) is 9.94. The largest absolute Gasteiger partial charge is 0.491 e. The van der Waals surface area contributed by atoms with E-state index in [0.29, 0.717) is 13.2 Å². The highest BCUT2D eigenvalue weighted by Gasteiger charge is 1.95. The minimum atomic E-state index is 0.641. The summed E-state index contributed by atoms with van der Waals surface area (Å²) in [6.07, 6.45) is 19.6. The molecule has 0 bridgehead atoms. The Morgan fingerprint density at radius 2 is 1.04 bits per heavy atom. The van der Waals surface area contributed by atoms with Gasteiger partial charge in [-0.3, -0.25) is 0 Å². The van der Waals surface area contributed by atoms with E-state index in [1.807, 2.05) is 30.3 Å². The smallest absolute Gasteiger partial charge is 0.119 e. The lowest BCUT2D eigenvalue weighted by Gasteiger charge is -2.07. The van der Waals surface area contributed by atoms with E-state index in [9.17, 15) is 0 Å². The molecule has 0 atom stereocenters. The highest BCUT2D eigenvalue weighted by molar-refractivity contribution is 5.20. The molecule has 0 spiro atoms. The summed E-state index contributed by atoms with van der Waals surface area (Å²) in [5.41, 5.74) is 0. The summed E-state index contributed by atoms with van der Waals surface area (Å²) >= 11 is 0. The number of hydrogen-bond donors (Lipinski definition) is 0. The van der Waals surface area contributed by atoms with E-state index < -0.39 is 0 Å². The molecule has 26 heavy (non-hydrogen) atoms. The van der Waals surface area contributed by atoms with Crippen LogP contribution in [0, 0.1) is 0 Å².